The fourth-order valence-corrected chi connectivity index (χ4v) is 6.27. The van der Waals surface area contributed by atoms with Crippen molar-refractivity contribution in [2.45, 2.75) is 129 Å². The number of allylic oxidation sites excluding steroid dienone is 13. The monoisotopic (exact) mass is 780 g/mol. The highest BCUT2D eigenvalue weighted by Gasteiger charge is 2.48. The molecule has 9 unspecified atom stereocenters. The van der Waals surface area contributed by atoms with Crippen LogP contribution in [-0.4, -0.2) is 93.3 Å². The third-order valence-corrected chi connectivity index (χ3v) is 9.63. The van der Waals surface area contributed by atoms with Crippen molar-refractivity contribution in [3.63, 3.8) is 0 Å². The maximum Gasteiger partial charge on any atom is 0.335 e. The third-order valence-electron chi connectivity index (χ3n) is 9.63. The fraction of sp³-hybridized carbons (Fsp3) is 0.545. The lowest BCUT2D eigenvalue weighted by atomic mass is 9.92. The summed E-state index contributed by atoms with van der Waals surface area (Å²) in [5.41, 5.74) is 6.75. The van der Waals surface area contributed by atoms with Crippen LogP contribution in [0.2, 0.25) is 0 Å². The standard InChI is InChI=1S/C44H64N2O10/c1-29(20-14-11-12-19-27-45)21-15-13-16-22-30(2)28-33(5)40(55-44-39(51)37(49)38(50)41(56-44)43(53)54)31(3)23-17-9-7-6-8-10-18-24-32(4)42(52)46-36-34(47)25-26-35(36)48/h6-11,14-15,17-18,21,23-24,28-31,36-41,44,49-51H,12-13,16,19-20,22,25-27,45H2,1-5H3,(H,46,52)(H,53,54)/b8-6+,9-7+,14-11?,18-10?,21-15?,23-17+,32-24?,33-28?. The lowest BCUT2D eigenvalue weighted by Crippen LogP contribution is -2.61. The average Bonchev–Trinajstić information content (AvgIpc) is 3.47. The van der Waals surface area contributed by atoms with E-state index >= 15 is 0 Å². The number of aliphatic carboxylic acids is 1. The van der Waals surface area contributed by atoms with Crippen LogP contribution in [0, 0.1) is 17.8 Å². The van der Waals surface area contributed by atoms with Crippen LogP contribution in [0.4, 0.5) is 0 Å². The summed E-state index contributed by atoms with van der Waals surface area (Å²) in [5.74, 6) is -2.12. The second kappa shape index (κ2) is 26.0. The lowest BCUT2D eigenvalue weighted by Gasteiger charge is -2.40. The molecule has 7 N–H and O–H groups in total. The molecule has 1 amide bonds. The Kier molecular flexibility index (Phi) is 22.3. The van der Waals surface area contributed by atoms with Gasteiger partial charge in [0.2, 0.25) is 5.91 Å². The molecule has 0 aromatic rings. The van der Waals surface area contributed by atoms with Crippen LogP contribution in [0.3, 0.4) is 0 Å². The van der Waals surface area contributed by atoms with Gasteiger partial charge in [0.1, 0.15) is 24.4 Å². The summed E-state index contributed by atoms with van der Waals surface area (Å²) in [6.45, 7) is 10.4. The molecule has 0 spiro atoms. The van der Waals surface area contributed by atoms with Gasteiger partial charge >= 0.3 is 5.97 Å². The first-order chi connectivity index (χ1) is 26.7. The van der Waals surface area contributed by atoms with Gasteiger partial charge in [-0.25, -0.2) is 4.79 Å². The van der Waals surface area contributed by atoms with Crippen molar-refractivity contribution in [2.75, 3.05) is 6.54 Å². The van der Waals surface area contributed by atoms with E-state index in [9.17, 15) is 39.6 Å². The summed E-state index contributed by atoms with van der Waals surface area (Å²) >= 11 is 0. The molecule has 2 rings (SSSR count). The molecule has 1 aliphatic carbocycles. The predicted octanol–water partition coefficient (Wildman–Crippen LogP) is 5.12. The highest BCUT2D eigenvalue weighted by Crippen LogP contribution is 2.29. The molecule has 1 heterocycles. The SMILES string of the molecule is CC(=CC=C/C=C/C=C/C=C/C(C)C(OC1OC(C(=O)O)C(O)C(O)C1O)C(C)=CC(C)CCCC=CC(C)CC=CCCCN)C(=O)NC1C(=O)CCC1=O. The number of nitrogens with one attached hydrogen (secondary N) is 1. The number of amides is 1. The second-order valence-electron chi connectivity index (χ2n) is 14.7. The largest absolute Gasteiger partial charge is 0.479 e. The molecule has 2 fully saturated rings. The summed E-state index contributed by atoms with van der Waals surface area (Å²) < 4.78 is 11.6. The van der Waals surface area contributed by atoms with Crippen LogP contribution in [0.15, 0.2) is 96.2 Å². The molecule has 0 radical (unpaired) electrons. The maximum atomic E-state index is 12.3. The van der Waals surface area contributed by atoms with Crippen molar-refractivity contribution in [3.05, 3.63) is 96.2 Å². The first-order valence-electron chi connectivity index (χ1n) is 19.7. The number of unbranched alkanes of at least 4 members (excludes halogenated alkanes) is 2. The van der Waals surface area contributed by atoms with Gasteiger partial charge in [-0.3, -0.25) is 14.4 Å². The first kappa shape index (κ1) is 48.1. The van der Waals surface area contributed by atoms with Gasteiger partial charge in [-0.05, 0) is 76.3 Å². The minimum Gasteiger partial charge on any atom is -0.479 e. The van der Waals surface area contributed by atoms with E-state index in [1.807, 2.05) is 32.1 Å². The normalized spacial score (nSPS) is 25.5. The number of Topliss-reactive ketones (excluding diaryl/α,β-unsaturated/α-hetero) is 2. The zero-order valence-electron chi connectivity index (χ0n) is 33.5. The number of aliphatic hydroxyl groups is 3. The Morgan fingerprint density at radius 1 is 0.839 bits per heavy atom. The van der Waals surface area contributed by atoms with Crippen LogP contribution >= 0.6 is 0 Å². The Morgan fingerprint density at radius 3 is 2.11 bits per heavy atom. The quantitative estimate of drug-likeness (QED) is 0.0264. The number of carbonyl (C=O) groups is 4. The summed E-state index contributed by atoms with van der Waals surface area (Å²) in [4.78, 5) is 47.6. The number of hydrogen-bond acceptors (Lipinski definition) is 10. The zero-order chi connectivity index (χ0) is 41.6. The van der Waals surface area contributed by atoms with Gasteiger partial charge < -0.3 is 41.0 Å². The van der Waals surface area contributed by atoms with Crippen molar-refractivity contribution in [2.24, 2.45) is 23.5 Å². The average molecular weight is 781 g/mol. The number of hydrogen-bond donors (Lipinski definition) is 6. The molecule has 1 aliphatic heterocycles. The van der Waals surface area contributed by atoms with Gasteiger partial charge in [0.15, 0.2) is 24.0 Å². The Hall–Kier alpha value is -4.04. The topological polar surface area (TPSA) is 206 Å². The van der Waals surface area contributed by atoms with Gasteiger partial charge in [0.25, 0.3) is 0 Å². The fourth-order valence-electron chi connectivity index (χ4n) is 6.27. The number of carboxylic acids is 1. The van der Waals surface area contributed by atoms with E-state index in [1.165, 1.54) is 0 Å². The van der Waals surface area contributed by atoms with Gasteiger partial charge in [-0.1, -0.05) is 106 Å². The molecule has 1 saturated heterocycles. The van der Waals surface area contributed by atoms with Crippen LogP contribution in [-0.2, 0) is 28.7 Å². The maximum absolute atomic E-state index is 12.3. The smallest absolute Gasteiger partial charge is 0.335 e. The van der Waals surface area contributed by atoms with E-state index in [1.54, 1.807) is 43.4 Å². The van der Waals surface area contributed by atoms with Crippen molar-refractivity contribution < 1.29 is 49.1 Å². The molecule has 0 aromatic carbocycles. The van der Waals surface area contributed by atoms with E-state index in [4.69, 9.17) is 15.2 Å². The molecule has 12 heteroatoms. The molecule has 2 aliphatic rings. The minimum atomic E-state index is -1.82. The number of carboxylic acid groups (broad SMARTS) is 1. The van der Waals surface area contributed by atoms with Crippen LogP contribution < -0.4 is 11.1 Å². The number of ketones is 2. The molecule has 310 valence electrons. The van der Waals surface area contributed by atoms with Crippen molar-refractivity contribution >= 4 is 23.4 Å². The number of nitrogens with two attached hydrogens (primary N) is 1. The van der Waals surface area contributed by atoms with Crippen molar-refractivity contribution in [1.82, 2.24) is 5.32 Å². The summed E-state index contributed by atoms with van der Waals surface area (Å²) in [7, 11) is 0. The van der Waals surface area contributed by atoms with Crippen LogP contribution in [0.1, 0.15) is 86.0 Å². The summed E-state index contributed by atoms with van der Waals surface area (Å²) in [5, 5.41) is 43.3. The van der Waals surface area contributed by atoms with Gasteiger partial charge in [0, 0.05) is 24.3 Å². The van der Waals surface area contributed by atoms with Crippen LogP contribution in [0.25, 0.3) is 0 Å². The van der Waals surface area contributed by atoms with E-state index in [2.05, 4.69) is 49.5 Å². The zero-order valence-corrected chi connectivity index (χ0v) is 33.5. The molecule has 0 bridgehead atoms. The highest BCUT2D eigenvalue weighted by atomic mass is 16.7. The molecule has 56 heavy (non-hydrogen) atoms. The second-order valence-corrected chi connectivity index (χ2v) is 14.7. The van der Waals surface area contributed by atoms with Crippen molar-refractivity contribution in [3.8, 4) is 0 Å². The molecule has 9 atom stereocenters. The van der Waals surface area contributed by atoms with E-state index in [0.717, 1.165) is 44.1 Å². The Labute approximate surface area is 332 Å². The predicted molar refractivity (Wildman–Crippen MR) is 217 cm³/mol. The third kappa shape index (κ3) is 17.0. The molecular weight excluding hydrogens is 716 g/mol. The first-order valence-corrected chi connectivity index (χ1v) is 19.7. The Bertz CT molecular complexity index is 1510. The Balaban J connectivity index is 2.05. The summed E-state index contributed by atoms with van der Waals surface area (Å²) in [6.07, 6.45) is 23.8. The van der Waals surface area contributed by atoms with Gasteiger partial charge in [0.05, 0.1) is 6.10 Å². The highest BCUT2D eigenvalue weighted by molar-refractivity contribution is 6.15. The van der Waals surface area contributed by atoms with Crippen molar-refractivity contribution in [1.29, 1.82) is 0 Å². The van der Waals surface area contributed by atoms with Gasteiger partial charge in [-0.15, -0.1) is 0 Å². The van der Waals surface area contributed by atoms with Gasteiger partial charge in [-0.2, -0.15) is 0 Å². The molecular formula is C44H64N2O10. The molecule has 12 nitrogen and oxygen atoms in total. The number of carbonyl (C=O) groups excluding carboxylic acids is 3. The van der Waals surface area contributed by atoms with E-state index in [0.29, 0.717) is 18.0 Å². The Morgan fingerprint density at radius 2 is 1.46 bits per heavy atom. The minimum absolute atomic E-state index is 0.156. The lowest BCUT2D eigenvalue weighted by molar-refractivity contribution is -0.303. The number of rotatable bonds is 23. The van der Waals surface area contributed by atoms with E-state index in [-0.39, 0.29) is 36.2 Å². The van der Waals surface area contributed by atoms with Crippen LogP contribution in [0.5, 0.6) is 0 Å². The molecule has 0 aromatic heterocycles. The summed E-state index contributed by atoms with van der Waals surface area (Å²) in [6, 6.07) is -1.05. The number of ether oxygens (including phenoxy) is 2. The molecule has 1 saturated carbocycles. The number of aliphatic hydroxyl groups excluding tert-OH is 3. The van der Waals surface area contributed by atoms with E-state index < -0.39 is 54.7 Å².